The SMILES string of the molecule is CCCCCCCCCCCCc1ccccc1S(=O)(=O)[O-].OCCN(CCO)CCO. The molecule has 1 aromatic rings. The number of benzene rings is 1. The van der Waals surface area contributed by atoms with Crippen LogP contribution in [0.15, 0.2) is 29.2 Å². The summed E-state index contributed by atoms with van der Waals surface area (Å²) in [7, 11) is -4.35. The number of unbranched alkanes of at least 4 members (excludes halogenated alkanes) is 9. The van der Waals surface area contributed by atoms with Crippen molar-refractivity contribution in [2.75, 3.05) is 39.5 Å². The molecule has 0 atom stereocenters. The van der Waals surface area contributed by atoms with Gasteiger partial charge in [-0.15, -0.1) is 0 Å². The molecule has 0 aliphatic rings. The summed E-state index contributed by atoms with van der Waals surface area (Å²) < 4.78 is 33.5. The molecule has 0 heterocycles. The van der Waals surface area contributed by atoms with E-state index in [0.717, 1.165) is 12.8 Å². The van der Waals surface area contributed by atoms with E-state index in [1.807, 2.05) is 0 Å². The Labute approximate surface area is 195 Å². The van der Waals surface area contributed by atoms with Gasteiger partial charge in [0.1, 0.15) is 10.1 Å². The third kappa shape index (κ3) is 16.6. The van der Waals surface area contributed by atoms with Gasteiger partial charge < -0.3 is 19.9 Å². The molecular weight excluding hydrogens is 430 g/mol. The molecule has 0 radical (unpaired) electrons. The molecule has 0 bridgehead atoms. The third-order valence-corrected chi connectivity index (χ3v) is 6.23. The van der Waals surface area contributed by atoms with Gasteiger partial charge in [0, 0.05) is 19.6 Å². The molecule has 0 fully saturated rings. The average molecular weight is 475 g/mol. The van der Waals surface area contributed by atoms with Crippen molar-refractivity contribution < 1.29 is 28.3 Å². The zero-order valence-corrected chi connectivity index (χ0v) is 20.6. The van der Waals surface area contributed by atoms with Gasteiger partial charge in [-0.05, 0) is 24.5 Å². The highest BCUT2D eigenvalue weighted by atomic mass is 32.2. The lowest BCUT2D eigenvalue weighted by molar-refractivity contribution is 0.136. The summed E-state index contributed by atoms with van der Waals surface area (Å²) >= 11 is 0. The van der Waals surface area contributed by atoms with Gasteiger partial charge in [-0.25, -0.2) is 8.42 Å². The summed E-state index contributed by atoms with van der Waals surface area (Å²) in [6.07, 6.45) is 13.2. The first-order valence-electron chi connectivity index (χ1n) is 12.0. The maximum atomic E-state index is 11.2. The Morgan fingerprint density at radius 3 is 1.62 bits per heavy atom. The molecule has 7 nitrogen and oxygen atoms in total. The van der Waals surface area contributed by atoms with Crippen LogP contribution in [0.3, 0.4) is 0 Å². The quantitative estimate of drug-likeness (QED) is 0.220. The lowest BCUT2D eigenvalue weighted by atomic mass is 10.0. The summed E-state index contributed by atoms with van der Waals surface area (Å²) in [5.74, 6) is 0. The van der Waals surface area contributed by atoms with Crippen LogP contribution in [0.2, 0.25) is 0 Å². The maximum absolute atomic E-state index is 11.2. The predicted molar refractivity (Wildman–Crippen MR) is 128 cm³/mol. The standard InChI is InChI=1S/C18H30O3S.C6H15NO3/c1-2-3-4-5-6-7-8-9-10-11-14-17-15-12-13-16-18(17)22(19,20)21;8-4-1-7(2-5-9)3-6-10/h12-13,15-16H,2-11,14H2,1H3,(H,19,20,21);8-10H,1-6H2/p-1. The molecule has 32 heavy (non-hydrogen) atoms. The number of hydrogen-bond donors (Lipinski definition) is 3. The van der Waals surface area contributed by atoms with E-state index in [2.05, 4.69) is 6.92 Å². The van der Waals surface area contributed by atoms with E-state index >= 15 is 0 Å². The molecule has 8 heteroatoms. The van der Waals surface area contributed by atoms with Crippen molar-refractivity contribution in [3.05, 3.63) is 29.8 Å². The van der Waals surface area contributed by atoms with Gasteiger partial charge in [0.2, 0.25) is 0 Å². The molecule has 1 rings (SSSR count). The molecule has 0 spiro atoms. The van der Waals surface area contributed by atoms with Gasteiger partial charge in [-0.3, -0.25) is 4.90 Å². The lowest BCUT2D eigenvalue weighted by Gasteiger charge is -2.17. The van der Waals surface area contributed by atoms with Crippen LogP contribution in [-0.4, -0.2) is 72.6 Å². The first-order valence-corrected chi connectivity index (χ1v) is 13.4. The minimum atomic E-state index is -4.35. The number of aliphatic hydroxyl groups is 3. The molecule has 1 aromatic carbocycles. The van der Waals surface area contributed by atoms with Crippen LogP contribution in [-0.2, 0) is 16.5 Å². The Balaban J connectivity index is 0.000000809. The third-order valence-electron chi connectivity index (χ3n) is 5.29. The van der Waals surface area contributed by atoms with Crippen LogP contribution in [0, 0.1) is 0 Å². The Kier molecular flexibility index (Phi) is 19.9. The summed E-state index contributed by atoms with van der Waals surface area (Å²) in [4.78, 5) is 1.74. The molecule has 188 valence electrons. The highest BCUT2D eigenvalue weighted by Crippen LogP contribution is 2.18. The van der Waals surface area contributed by atoms with Crippen LogP contribution in [0.4, 0.5) is 0 Å². The van der Waals surface area contributed by atoms with Gasteiger partial charge in [0.25, 0.3) is 0 Å². The fourth-order valence-corrected chi connectivity index (χ4v) is 4.25. The first kappa shape index (κ1) is 31.0. The number of aryl methyl sites for hydroxylation is 1. The molecule has 0 amide bonds. The molecule has 0 aromatic heterocycles. The number of aliphatic hydroxyl groups excluding tert-OH is 3. The van der Waals surface area contributed by atoms with Crippen LogP contribution in [0.5, 0.6) is 0 Å². The highest BCUT2D eigenvalue weighted by molar-refractivity contribution is 7.85. The molecule has 0 saturated carbocycles. The Morgan fingerprint density at radius 1 is 0.750 bits per heavy atom. The van der Waals surface area contributed by atoms with E-state index in [4.69, 9.17) is 15.3 Å². The normalized spacial score (nSPS) is 11.4. The number of rotatable bonds is 18. The van der Waals surface area contributed by atoms with Crippen molar-refractivity contribution in [1.29, 1.82) is 0 Å². The van der Waals surface area contributed by atoms with Crippen molar-refractivity contribution in [2.24, 2.45) is 0 Å². The average Bonchev–Trinajstić information content (AvgIpc) is 2.76. The largest absolute Gasteiger partial charge is 0.744 e. The number of hydrogen-bond acceptors (Lipinski definition) is 7. The zero-order chi connectivity index (χ0) is 24.1. The van der Waals surface area contributed by atoms with Crippen molar-refractivity contribution in [1.82, 2.24) is 4.90 Å². The molecule has 3 N–H and O–H groups in total. The maximum Gasteiger partial charge on any atom is 0.124 e. The van der Waals surface area contributed by atoms with Crippen molar-refractivity contribution in [3.8, 4) is 0 Å². The summed E-state index contributed by atoms with van der Waals surface area (Å²) in [6, 6.07) is 6.56. The second-order valence-electron chi connectivity index (χ2n) is 8.01. The fourth-order valence-electron chi connectivity index (χ4n) is 3.52. The van der Waals surface area contributed by atoms with E-state index in [-0.39, 0.29) is 24.7 Å². The molecular formula is C24H44NO6S-. The van der Waals surface area contributed by atoms with Crippen molar-refractivity contribution in [3.63, 3.8) is 0 Å². The van der Waals surface area contributed by atoms with E-state index in [1.54, 1.807) is 23.1 Å². The van der Waals surface area contributed by atoms with Gasteiger partial charge in [-0.1, -0.05) is 82.9 Å². The summed E-state index contributed by atoms with van der Waals surface area (Å²) in [5.41, 5.74) is 0.664. The summed E-state index contributed by atoms with van der Waals surface area (Å²) in [6.45, 7) is 3.99. The monoisotopic (exact) mass is 474 g/mol. The van der Waals surface area contributed by atoms with Crippen LogP contribution >= 0.6 is 0 Å². The van der Waals surface area contributed by atoms with Gasteiger partial charge in [0.05, 0.1) is 24.7 Å². The summed E-state index contributed by atoms with van der Waals surface area (Å²) in [5, 5.41) is 25.5. The van der Waals surface area contributed by atoms with Crippen LogP contribution in [0.25, 0.3) is 0 Å². The Bertz CT molecular complexity index is 639. The van der Waals surface area contributed by atoms with E-state index in [1.165, 1.54) is 57.4 Å². The van der Waals surface area contributed by atoms with E-state index < -0.39 is 10.1 Å². The van der Waals surface area contributed by atoms with Gasteiger partial charge in [-0.2, -0.15) is 0 Å². The lowest BCUT2D eigenvalue weighted by Crippen LogP contribution is -2.32. The smallest absolute Gasteiger partial charge is 0.124 e. The van der Waals surface area contributed by atoms with Crippen molar-refractivity contribution in [2.45, 2.75) is 82.4 Å². The minimum Gasteiger partial charge on any atom is -0.744 e. The van der Waals surface area contributed by atoms with Crippen LogP contribution in [0.1, 0.15) is 76.7 Å². The van der Waals surface area contributed by atoms with Crippen molar-refractivity contribution >= 4 is 10.1 Å². The van der Waals surface area contributed by atoms with Crippen LogP contribution < -0.4 is 0 Å². The second kappa shape index (κ2) is 20.6. The predicted octanol–water partition coefficient (Wildman–Crippen LogP) is 3.32. The minimum absolute atomic E-state index is 0.0501. The molecule has 0 saturated heterocycles. The first-order chi connectivity index (χ1) is 15.4. The van der Waals surface area contributed by atoms with Gasteiger partial charge in [0.15, 0.2) is 0 Å². The molecule has 0 aliphatic carbocycles. The second-order valence-corrected chi connectivity index (χ2v) is 9.35. The highest BCUT2D eigenvalue weighted by Gasteiger charge is 2.07. The fraction of sp³-hybridized carbons (Fsp3) is 0.750. The van der Waals surface area contributed by atoms with E-state index in [0.29, 0.717) is 31.6 Å². The topological polar surface area (TPSA) is 121 Å². The molecule has 0 unspecified atom stereocenters. The zero-order valence-electron chi connectivity index (χ0n) is 19.8. The van der Waals surface area contributed by atoms with Gasteiger partial charge >= 0.3 is 0 Å². The Morgan fingerprint density at radius 2 is 1.19 bits per heavy atom. The van der Waals surface area contributed by atoms with E-state index in [9.17, 15) is 13.0 Å². The number of nitrogens with zero attached hydrogens (tertiary/aromatic N) is 1. The molecule has 0 aliphatic heterocycles. The Hall–Kier alpha value is -1.03.